The number of carbonyl (C=O) groups excluding carboxylic acids is 2. The highest BCUT2D eigenvalue weighted by atomic mass is 16.7. The van der Waals surface area contributed by atoms with Gasteiger partial charge in [-0.15, -0.1) is 0 Å². The van der Waals surface area contributed by atoms with Crippen LogP contribution in [0, 0.1) is 0 Å². The Bertz CT molecular complexity index is 430. The first-order valence-corrected chi connectivity index (χ1v) is 6.12. The fourth-order valence-electron chi connectivity index (χ4n) is 1.72. The molecule has 1 aliphatic rings. The molecule has 1 aromatic carbocycles. The molecule has 1 fully saturated rings. The molecular weight excluding hydrogens is 248 g/mol. The molecule has 1 unspecified atom stereocenters. The Morgan fingerprint density at radius 1 is 1.21 bits per heavy atom. The minimum absolute atomic E-state index is 0.0866. The van der Waals surface area contributed by atoms with Crippen molar-refractivity contribution in [3.63, 3.8) is 0 Å². The summed E-state index contributed by atoms with van der Waals surface area (Å²) in [6, 6.07) is 8.69. The van der Waals surface area contributed by atoms with Crippen molar-refractivity contribution in [3.05, 3.63) is 35.9 Å². The Hall–Kier alpha value is -1.92. The van der Waals surface area contributed by atoms with Crippen LogP contribution < -0.4 is 10.6 Å². The van der Waals surface area contributed by atoms with E-state index in [2.05, 4.69) is 15.4 Å². The highest BCUT2D eigenvalue weighted by molar-refractivity contribution is 5.85. The molecule has 6 heteroatoms. The van der Waals surface area contributed by atoms with E-state index in [1.807, 2.05) is 30.3 Å². The molecule has 0 saturated carbocycles. The number of piperazine rings is 1. The first kappa shape index (κ1) is 13.5. The number of nitrogens with one attached hydrogen (secondary N) is 2. The molecule has 0 aromatic heterocycles. The van der Waals surface area contributed by atoms with Gasteiger partial charge in [-0.1, -0.05) is 30.3 Å². The summed E-state index contributed by atoms with van der Waals surface area (Å²) in [7, 11) is 0. The number of carbonyl (C=O) groups is 2. The molecule has 0 radical (unpaired) electrons. The SMILES string of the molecule is O=C(OCc1ccccc1)OC(=O)C1CNCCN1. The Morgan fingerprint density at radius 2 is 2.00 bits per heavy atom. The number of esters is 1. The molecule has 1 aromatic rings. The summed E-state index contributed by atoms with van der Waals surface area (Å²) >= 11 is 0. The third-order valence-corrected chi connectivity index (χ3v) is 2.71. The standard InChI is InChI=1S/C13H16N2O4/c16-12(11-8-14-6-7-15-11)19-13(17)18-9-10-4-2-1-3-5-10/h1-5,11,14-15H,6-9H2. The molecule has 102 valence electrons. The van der Waals surface area contributed by atoms with Crippen LogP contribution in [-0.4, -0.2) is 37.8 Å². The van der Waals surface area contributed by atoms with Crippen LogP contribution in [0.15, 0.2) is 30.3 Å². The van der Waals surface area contributed by atoms with Gasteiger partial charge in [0.15, 0.2) is 0 Å². The third kappa shape index (κ3) is 4.35. The summed E-state index contributed by atoms with van der Waals surface area (Å²) in [6.07, 6.45) is -0.971. The van der Waals surface area contributed by atoms with E-state index in [0.29, 0.717) is 13.1 Å². The number of ether oxygens (including phenoxy) is 2. The molecule has 2 rings (SSSR count). The smallest absolute Gasteiger partial charge is 0.429 e. The highest BCUT2D eigenvalue weighted by Crippen LogP contribution is 2.02. The molecule has 1 saturated heterocycles. The molecule has 1 atom stereocenters. The quantitative estimate of drug-likeness (QED) is 0.609. The van der Waals surface area contributed by atoms with E-state index in [1.54, 1.807) is 0 Å². The van der Waals surface area contributed by atoms with Crippen molar-refractivity contribution in [1.29, 1.82) is 0 Å². The largest absolute Gasteiger partial charge is 0.516 e. The van der Waals surface area contributed by atoms with Gasteiger partial charge in [0.2, 0.25) is 0 Å². The van der Waals surface area contributed by atoms with Gasteiger partial charge < -0.3 is 20.1 Å². The lowest BCUT2D eigenvalue weighted by atomic mass is 10.2. The average Bonchev–Trinajstić information content (AvgIpc) is 2.47. The second-order valence-electron chi connectivity index (χ2n) is 4.16. The molecule has 0 amide bonds. The minimum Gasteiger partial charge on any atom is -0.429 e. The second kappa shape index (κ2) is 6.86. The Labute approximate surface area is 111 Å². The first-order chi connectivity index (χ1) is 9.25. The van der Waals surface area contributed by atoms with Crippen LogP contribution in [0.25, 0.3) is 0 Å². The lowest BCUT2D eigenvalue weighted by molar-refractivity contribution is -0.142. The summed E-state index contributed by atoms with van der Waals surface area (Å²) < 4.78 is 9.47. The van der Waals surface area contributed by atoms with Crippen molar-refractivity contribution in [1.82, 2.24) is 10.6 Å². The van der Waals surface area contributed by atoms with Crippen LogP contribution in [0.2, 0.25) is 0 Å². The van der Waals surface area contributed by atoms with Gasteiger partial charge in [-0.2, -0.15) is 0 Å². The molecule has 1 aliphatic heterocycles. The van der Waals surface area contributed by atoms with Gasteiger partial charge in [-0.25, -0.2) is 9.59 Å². The van der Waals surface area contributed by atoms with Gasteiger partial charge in [0.25, 0.3) is 0 Å². The summed E-state index contributed by atoms with van der Waals surface area (Å²) in [5.41, 5.74) is 0.837. The maximum Gasteiger partial charge on any atom is 0.516 e. The number of hydrogen-bond donors (Lipinski definition) is 2. The van der Waals surface area contributed by atoms with E-state index in [4.69, 9.17) is 4.74 Å². The first-order valence-electron chi connectivity index (χ1n) is 6.12. The molecule has 0 spiro atoms. The van der Waals surface area contributed by atoms with Gasteiger partial charge in [-0.05, 0) is 5.56 Å². The third-order valence-electron chi connectivity index (χ3n) is 2.71. The molecule has 1 heterocycles. The fourth-order valence-corrected chi connectivity index (χ4v) is 1.72. The fraction of sp³-hybridized carbons (Fsp3) is 0.385. The van der Waals surface area contributed by atoms with Crippen LogP contribution in [0.5, 0.6) is 0 Å². The molecular formula is C13H16N2O4. The lowest BCUT2D eigenvalue weighted by Gasteiger charge is -2.21. The normalized spacial score (nSPS) is 18.6. The van der Waals surface area contributed by atoms with E-state index in [9.17, 15) is 9.59 Å². The summed E-state index contributed by atoms with van der Waals surface area (Å²) in [6.45, 7) is 2.00. The van der Waals surface area contributed by atoms with Gasteiger partial charge in [0.1, 0.15) is 12.6 Å². The molecule has 6 nitrogen and oxygen atoms in total. The summed E-state index contributed by atoms with van der Waals surface area (Å²) in [5.74, 6) is -0.620. The van der Waals surface area contributed by atoms with Crippen LogP contribution in [-0.2, 0) is 20.9 Å². The highest BCUT2D eigenvalue weighted by Gasteiger charge is 2.24. The second-order valence-corrected chi connectivity index (χ2v) is 4.16. The lowest BCUT2D eigenvalue weighted by Crippen LogP contribution is -2.53. The minimum atomic E-state index is -0.971. The molecule has 0 bridgehead atoms. The van der Waals surface area contributed by atoms with E-state index >= 15 is 0 Å². The van der Waals surface area contributed by atoms with Crippen LogP contribution in [0.4, 0.5) is 4.79 Å². The van der Waals surface area contributed by atoms with E-state index in [0.717, 1.165) is 12.1 Å². The maximum atomic E-state index is 11.6. The topological polar surface area (TPSA) is 76.7 Å². The zero-order valence-electron chi connectivity index (χ0n) is 10.4. The van der Waals surface area contributed by atoms with E-state index < -0.39 is 18.2 Å². The Balaban J connectivity index is 1.73. The van der Waals surface area contributed by atoms with Crippen LogP contribution in [0.1, 0.15) is 5.56 Å². The predicted molar refractivity (Wildman–Crippen MR) is 67.4 cm³/mol. The maximum absolute atomic E-state index is 11.6. The number of hydrogen-bond acceptors (Lipinski definition) is 6. The molecule has 2 N–H and O–H groups in total. The van der Waals surface area contributed by atoms with Crippen molar-refractivity contribution in [2.75, 3.05) is 19.6 Å². The zero-order valence-corrected chi connectivity index (χ0v) is 10.4. The number of benzene rings is 1. The summed E-state index contributed by atoms with van der Waals surface area (Å²) in [5, 5.41) is 5.98. The number of rotatable bonds is 3. The predicted octanol–water partition coefficient (Wildman–Crippen LogP) is 0.428. The molecule has 0 aliphatic carbocycles. The monoisotopic (exact) mass is 264 g/mol. The summed E-state index contributed by atoms with van der Waals surface area (Å²) in [4.78, 5) is 23.0. The van der Waals surface area contributed by atoms with Crippen molar-refractivity contribution < 1.29 is 19.1 Å². The zero-order chi connectivity index (χ0) is 13.5. The van der Waals surface area contributed by atoms with Crippen molar-refractivity contribution >= 4 is 12.1 Å². The van der Waals surface area contributed by atoms with E-state index in [-0.39, 0.29) is 6.61 Å². The van der Waals surface area contributed by atoms with Crippen molar-refractivity contribution in [2.45, 2.75) is 12.6 Å². The average molecular weight is 264 g/mol. The van der Waals surface area contributed by atoms with Gasteiger partial charge in [0.05, 0.1) is 0 Å². The van der Waals surface area contributed by atoms with Gasteiger partial charge in [-0.3, -0.25) is 0 Å². The van der Waals surface area contributed by atoms with Gasteiger partial charge in [0, 0.05) is 19.6 Å². The van der Waals surface area contributed by atoms with Crippen LogP contribution in [0.3, 0.4) is 0 Å². The Morgan fingerprint density at radius 3 is 2.68 bits per heavy atom. The van der Waals surface area contributed by atoms with Crippen LogP contribution >= 0.6 is 0 Å². The molecule has 19 heavy (non-hydrogen) atoms. The Kier molecular flexibility index (Phi) is 4.88. The van der Waals surface area contributed by atoms with Crippen molar-refractivity contribution in [2.24, 2.45) is 0 Å². The van der Waals surface area contributed by atoms with Crippen molar-refractivity contribution in [3.8, 4) is 0 Å². The van der Waals surface area contributed by atoms with E-state index in [1.165, 1.54) is 0 Å². The van der Waals surface area contributed by atoms with Gasteiger partial charge >= 0.3 is 12.1 Å².